The summed E-state index contributed by atoms with van der Waals surface area (Å²) < 4.78 is 0. The summed E-state index contributed by atoms with van der Waals surface area (Å²) in [5, 5.41) is 4.49. The molecular weight excluding hydrogens is 387 g/mol. The second kappa shape index (κ2) is 9.32. The summed E-state index contributed by atoms with van der Waals surface area (Å²) in [7, 11) is -1.66. The molecule has 0 aromatic heterocycles. The van der Waals surface area contributed by atoms with Gasteiger partial charge in [-0.2, -0.15) is 0 Å². The Labute approximate surface area is 163 Å². The largest absolute Gasteiger partial charge is 1.00 e. The van der Waals surface area contributed by atoms with Gasteiger partial charge in [-0.25, -0.2) is 0 Å². The Balaban J connectivity index is 0.00000225. The van der Waals surface area contributed by atoms with Crippen LogP contribution in [0.5, 0.6) is 0 Å². The van der Waals surface area contributed by atoms with Crippen molar-refractivity contribution >= 4 is 23.2 Å². The number of benzene rings is 3. The summed E-state index contributed by atoms with van der Waals surface area (Å²) in [4.78, 5) is 0. The lowest BCUT2D eigenvalue weighted by atomic mass is 10.3. The van der Waals surface area contributed by atoms with Crippen LogP contribution in [0.3, 0.4) is 0 Å². The molecule has 0 aliphatic carbocycles. The summed E-state index contributed by atoms with van der Waals surface area (Å²) in [6, 6.07) is 33.6. The van der Waals surface area contributed by atoms with Crippen molar-refractivity contribution < 1.29 is 17.0 Å². The smallest absolute Gasteiger partial charge is 0.115 e. The molecule has 0 N–H and O–H groups in total. The quantitative estimate of drug-likeness (QED) is 0.544. The molecule has 0 atom stereocenters. The van der Waals surface area contributed by atoms with Gasteiger partial charge in [-0.05, 0) is 49.2 Å². The fourth-order valence-electron chi connectivity index (χ4n) is 3.91. The highest BCUT2D eigenvalue weighted by Gasteiger charge is 2.50. The first kappa shape index (κ1) is 19.9. The van der Waals surface area contributed by atoms with Crippen LogP contribution < -0.4 is 32.9 Å². The molecule has 0 bridgehead atoms. The van der Waals surface area contributed by atoms with Crippen molar-refractivity contribution in [2.45, 2.75) is 32.3 Å². The van der Waals surface area contributed by atoms with Crippen molar-refractivity contribution in [1.29, 1.82) is 0 Å². The van der Waals surface area contributed by atoms with Crippen LogP contribution in [0.4, 0.5) is 0 Å². The molecule has 0 nitrogen and oxygen atoms in total. The van der Waals surface area contributed by atoms with E-state index >= 15 is 0 Å². The Morgan fingerprint density at radius 2 is 0.840 bits per heavy atom. The minimum atomic E-state index is -1.66. The molecule has 3 aromatic rings. The highest BCUT2D eigenvalue weighted by atomic mass is 79.9. The van der Waals surface area contributed by atoms with E-state index in [1.807, 2.05) is 0 Å². The predicted octanol–water partition coefficient (Wildman–Crippen LogP) is 2.17. The van der Waals surface area contributed by atoms with Crippen LogP contribution in [0, 0.1) is 0 Å². The standard InChI is InChI=1S/C23H26P.BrH/c1-3-20(4-2)24(21-14-8-5-9-15-21,22-16-10-6-11-17-22)23-18-12-7-13-19-23;/h5-20H,3-4H2,1-2H3;1H/q+1;/p-1. The maximum absolute atomic E-state index is 2.34. The Bertz CT molecular complexity index is 640. The van der Waals surface area contributed by atoms with Gasteiger partial charge in [-0.15, -0.1) is 0 Å². The first-order valence-electron chi connectivity index (χ1n) is 8.89. The molecule has 0 radical (unpaired) electrons. The molecule has 130 valence electrons. The fraction of sp³-hybridized carbons (Fsp3) is 0.217. The van der Waals surface area contributed by atoms with Gasteiger partial charge in [-0.3, -0.25) is 0 Å². The second-order valence-electron chi connectivity index (χ2n) is 6.20. The zero-order valence-corrected chi connectivity index (χ0v) is 17.5. The van der Waals surface area contributed by atoms with Gasteiger partial charge in [0.2, 0.25) is 0 Å². The molecule has 0 heterocycles. The van der Waals surface area contributed by atoms with E-state index in [2.05, 4.69) is 105 Å². The topological polar surface area (TPSA) is 0 Å². The number of hydrogen-bond donors (Lipinski definition) is 0. The zero-order valence-electron chi connectivity index (χ0n) is 15.0. The van der Waals surface area contributed by atoms with Crippen molar-refractivity contribution in [3.05, 3.63) is 91.0 Å². The van der Waals surface area contributed by atoms with E-state index in [1.54, 1.807) is 0 Å². The highest BCUT2D eigenvalue weighted by Crippen LogP contribution is 2.61. The second-order valence-corrected chi connectivity index (χ2v) is 9.92. The fourth-order valence-corrected chi connectivity index (χ4v) is 9.09. The van der Waals surface area contributed by atoms with Crippen molar-refractivity contribution in [2.24, 2.45) is 0 Å². The minimum absolute atomic E-state index is 0. The third kappa shape index (κ3) is 3.73. The molecular formula is C23H26BrP. The Hall–Kier alpha value is -1.43. The SMILES string of the molecule is CCC(CC)[P+](c1ccccc1)(c1ccccc1)c1ccccc1.[Br-]. The minimum Gasteiger partial charge on any atom is -1.00 e. The van der Waals surface area contributed by atoms with Gasteiger partial charge < -0.3 is 17.0 Å². The first-order valence-corrected chi connectivity index (χ1v) is 10.7. The summed E-state index contributed by atoms with van der Waals surface area (Å²) in [5.41, 5.74) is 0.657. The summed E-state index contributed by atoms with van der Waals surface area (Å²) >= 11 is 0. The molecule has 0 amide bonds. The van der Waals surface area contributed by atoms with E-state index in [4.69, 9.17) is 0 Å². The first-order chi connectivity index (χ1) is 11.8. The summed E-state index contributed by atoms with van der Waals surface area (Å²) in [6.07, 6.45) is 2.39. The van der Waals surface area contributed by atoms with Crippen LogP contribution in [0.1, 0.15) is 26.7 Å². The van der Waals surface area contributed by atoms with Crippen LogP contribution in [-0.2, 0) is 0 Å². The molecule has 0 saturated carbocycles. The lowest BCUT2D eigenvalue weighted by molar-refractivity contribution is -0.00000478. The van der Waals surface area contributed by atoms with Gasteiger partial charge in [-0.1, -0.05) is 68.4 Å². The van der Waals surface area contributed by atoms with E-state index in [0.717, 1.165) is 0 Å². The van der Waals surface area contributed by atoms with Gasteiger partial charge in [0.25, 0.3) is 0 Å². The molecule has 0 fully saturated rings. The zero-order chi connectivity index (χ0) is 16.8. The molecule has 0 saturated heterocycles. The predicted molar refractivity (Wildman–Crippen MR) is 110 cm³/mol. The van der Waals surface area contributed by atoms with Gasteiger partial charge in [0.1, 0.15) is 23.2 Å². The van der Waals surface area contributed by atoms with E-state index < -0.39 is 7.26 Å². The van der Waals surface area contributed by atoms with E-state index in [1.165, 1.54) is 28.8 Å². The monoisotopic (exact) mass is 412 g/mol. The van der Waals surface area contributed by atoms with Crippen molar-refractivity contribution in [3.8, 4) is 0 Å². The molecule has 0 aliphatic rings. The Kier molecular flexibility index (Phi) is 7.41. The van der Waals surface area contributed by atoms with E-state index in [-0.39, 0.29) is 17.0 Å². The molecule has 25 heavy (non-hydrogen) atoms. The van der Waals surface area contributed by atoms with Crippen molar-refractivity contribution in [2.75, 3.05) is 0 Å². The summed E-state index contributed by atoms with van der Waals surface area (Å²) in [5.74, 6) is 0. The van der Waals surface area contributed by atoms with Gasteiger partial charge >= 0.3 is 0 Å². The number of hydrogen-bond acceptors (Lipinski definition) is 0. The molecule has 0 unspecified atom stereocenters. The maximum atomic E-state index is 2.34. The maximum Gasteiger partial charge on any atom is 0.115 e. The lowest BCUT2D eigenvalue weighted by Crippen LogP contribution is -3.00. The average molecular weight is 413 g/mol. The van der Waals surface area contributed by atoms with Crippen LogP contribution in [0.2, 0.25) is 0 Å². The van der Waals surface area contributed by atoms with Crippen LogP contribution >= 0.6 is 7.26 Å². The van der Waals surface area contributed by atoms with Crippen LogP contribution in [-0.4, -0.2) is 5.66 Å². The average Bonchev–Trinajstić information content (AvgIpc) is 2.68. The molecule has 3 aromatic carbocycles. The normalized spacial score (nSPS) is 11.2. The molecule has 3 rings (SSSR count). The third-order valence-electron chi connectivity index (χ3n) is 4.98. The highest BCUT2D eigenvalue weighted by molar-refractivity contribution is 7.96. The van der Waals surface area contributed by atoms with E-state index in [9.17, 15) is 0 Å². The third-order valence-corrected chi connectivity index (χ3v) is 10.1. The van der Waals surface area contributed by atoms with Crippen LogP contribution in [0.15, 0.2) is 91.0 Å². The van der Waals surface area contributed by atoms with Crippen molar-refractivity contribution in [1.82, 2.24) is 0 Å². The Morgan fingerprint density at radius 3 is 1.08 bits per heavy atom. The molecule has 0 aliphatic heterocycles. The van der Waals surface area contributed by atoms with Crippen LogP contribution in [0.25, 0.3) is 0 Å². The van der Waals surface area contributed by atoms with Gasteiger partial charge in [0, 0.05) is 0 Å². The molecule has 0 spiro atoms. The summed E-state index contributed by atoms with van der Waals surface area (Å²) in [6.45, 7) is 4.69. The lowest BCUT2D eigenvalue weighted by Gasteiger charge is -2.34. The van der Waals surface area contributed by atoms with E-state index in [0.29, 0.717) is 5.66 Å². The van der Waals surface area contributed by atoms with Gasteiger partial charge in [0.15, 0.2) is 0 Å². The molecule has 2 heteroatoms. The van der Waals surface area contributed by atoms with Gasteiger partial charge in [0.05, 0.1) is 5.66 Å². The number of halogens is 1. The number of rotatable bonds is 6. The van der Waals surface area contributed by atoms with Crippen molar-refractivity contribution in [3.63, 3.8) is 0 Å². The Morgan fingerprint density at radius 1 is 0.560 bits per heavy atom.